The van der Waals surface area contributed by atoms with Gasteiger partial charge in [0.15, 0.2) is 0 Å². The molecule has 2 rings (SSSR count). The van der Waals surface area contributed by atoms with Gasteiger partial charge in [-0.1, -0.05) is 28.1 Å². The lowest BCUT2D eigenvalue weighted by molar-refractivity contribution is 0.200. The number of hydrogen-bond donors (Lipinski definition) is 0. The molecule has 0 saturated heterocycles. The lowest BCUT2D eigenvalue weighted by atomic mass is 10.3. The maximum atomic E-state index is 5.08. The molecule has 15 heavy (non-hydrogen) atoms. The Morgan fingerprint density at radius 3 is 3.00 bits per heavy atom. The number of thiazole rings is 1. The van der Waals surface area contributed by atoms with E-state index in [0.717, 1.165) is 23.6 Å². The normalized spacial score (nSPS) is 13.2. The van der Waals surface area contributed by atoms with Crippen LogP contribution in [0.2, 0.25) is 0 Å². The van der Waals surface area contributed by atoms with E-state index in [4.69, 9.17) is 4.74 Å². The summed E-state index contributed by atoms with van der Waals surface area (Å²) in [6.07, 6.45) is 0.924. The van der Waals surface area contributed by atoms with Crippen LogP contribution in [0.4, 0.5) is 0 Å². The average Bonchev–Trinajstić information content (AvgIpc) is 2.59. The van der Waals surface area contributed by atoms with Crippen molar-refractivity contribution in [1.82, 2.24) is 4.98 Å². The van der Waals surface area contributed by atoms with Gasteiger partial charge in [0.25, 0.3) is 0 Å². The summed E-state index contributed by atoms with van der Waals surface area (Å²) in [7, 11) is 1.71. The summed E-state index contributed by atoms with van der Waals surface area (Å²) in [5.74, 6) is 0. The number of ether oxygens (including phenoxy) is 1. The molecule has 0 aliphatic rings. The summed E-state index contributed by atoms with van der Waals surface area (Å²) in [6.45, 7) is 0.718. The molecule has 0 N–H and O–H groups in total. The molecule has 0 fully saturated rings. The van der Waals surface area contributed by atoms with Crippen LogP contribution in [0.3, 0.4) is 0 Å². The first-order chi connectivity index (χ1) is 7.29. The highest BCUT2D eigenvalue weighted by Gasteiger charge is 2.09. The van der Waals surface area contributed by atoms with E-state index in [1.165, 1.54) is 4.70 Å². The predicted molar refractivity (Wildman–Crippen MR) is 67.9 cm³/mol. The van der Waals surface area contributed by atoms with Crippen LogP contribution in [-0.2, 0) is 11.2 Å². The van der Waals surface area contributed by atoms with E-state index in [2.05, 4.69) is 33.0 Å². The molecule has 80 valence electrons. The lowest BCUT2D eigenvalue weighted by Crippen LogP contribution is -2.09. The Balaban J connectivity index is 2.15. The standard InChI is InChI=1S/C11H12BrNOS/c1-14-7-8(12)6-11-13-9-4-2-3-5-10(9)15-11/h2-5,8H,6-7H2,1H3. The van der Waals surface area contributed by atoms with Crippen LogP contribution in [0.25, 0.3) is 10.2 Å². The van der Waals surface area contributed by atoms with Crippen LogP contribution >= 0.6 is 27.3 Å². The number of para-hydroxylation sites is 1. The van der Waals surface area contributed by atoms with Gasteiger partial charge in [0.1, 0.15) is 0 Å². The third-order valence-electron chi connectivity index (χ3n) is 2.08. The van der Waals surface area contributed by atoms with Crippen LogP contribution in [0.15, 0.2) is 24.3 Å². The molecular formula is C11H12BrNOS. The third kappa shape index (κ3) is 2.77. The van der Waals surface area contributed by atoms with Crippen LogP contribution in [0, 0.1) is 0 Å². The molecule has 0 aliphatic heterocycles. The van der Waals surface area contributed by atoms with Gasteiger partial charge in [0.05, 0.1) is 21.8 Å². The quantitative estimate of drug-likeness (QED) is 0.805. The average molecular weight is 286 g/mol. The van der Waals surface area contributed by atoms with Gasteiger partial charge >= 0.3 is 0 Å². The van der Waals surface area contributed by atoms with Crippen molar-refractivity contribution in [3.63, 3.8) is 0 Å². The van der Waals surface area contributed by atoms with Gasteiger partial charge in [-0.3, -0.25) is 0 Å². The number of hydrogen-bond acceptors (Lipinski definition) is 3. The van der Waals surface area contributed by atoms with Gasteiger partial charge in [0, 0.05) is 18.4 Å². The van der Waals surface area contributed by atoms with Crippen molar-refractivity contribution in [2.75, 3.05) is 13.7 Å². The second kappa shape index (κ2) is 5.05. The molecule has 0 amide bonds. The van der Waals surface area contributed by atoms with Gasteiger partial charge < -0.3 is 4.74 Å². The Hall–Kier alpha value is -0.450. The molecule has 2 aromatic rings. The molecule has 0 aliphatic carbocycles. The highest BCUT2D eigenvalue weighted by Crippen LogP contribution is 2.23. The van der Waals surface area contributed by atoms with Crippen molar-refractivity contribution < 1.29 is 4.74 Å². The van der Waals surface area contributed by atoms with Crippen molar-refractivity contribution in [3.05, 3.63) is 29.3 Å². The van der Waals surface area contributed by atoms with E-state index in [-0.39, 0.29) is 0 Å². The molecule has 0 spiro atoms. The largest absolute Gasteiger partial charge is 0.384 e. The van der Waals surface area contributed by atoms with Crippen LogP contribution < -0.4 is 0 Å². The molecular weight excluding hydrogens is 274 g/mol. The van der Waals surface area contributed by atoms with Crippen molar-refractivity contribution in [2.24, 2.45) is 0 Å². The smallest absolute Gasteiger partial charge is 0.0950 e. The maximum Gasteiger partial charge on any atom is 0.0950 e. The highest BCUT2D eigenvalue weighted by atomic mass is 79.9. The van der Waals surface area contributed by atoms with Crippen molar-refractivity contribution in [1.29, 1.82) is 0 Å². The number of alkyl halides is 1. The Kier molecular flexibility index (Phi) is 3.72. The summed E-state index contributed by atoms with van der Waals surface area (Å²) < 4.78 is 6.33. The molecule has 4 heteroatoms. The van der Waals surface area contributed by atoms with Gasteiger partial charge in [-0.25, -0.2) is 4.98 Å². The fourth-order valence-electron chi connectivity index (χ4n) is 1.44. The Labute approximate surface area is 101 Å². The topological polar surface area (TPSA) is 22.1 Å². The van der Waals surface area contributed by atoms with E-state index in [1.54, 1.807) is 18.4 Å². The molecule has 1 aromatic heterocycles. The number of aromatic nitrogens is 1. The second-order valence-electron chi connectivity index (χ2n) is 3.33. The fourth-order valence-corrected chi connectivity index (χ4v) is 3.27. The molecule has 0 radical (unpaired) electrons. The number of rotatable bonds is 4. The zero-order valence-electron chi connectivity index (χ0n) is 8.44. The monoisotopic (exact) mass is 285 g/mol. The van der Waals surface area contributed by atoms with Crippen molar-refractivity contribution >= 4 is 37.5 Å². The van der Waals surface area contributed by atoms with E-state index >= 15 is 0 Å². The minimum atomic E-state index is 0.350. The van der Waals surface area contributed by atoms with Gasteiger partial charge in [-0.05, 0) is 12.1 Å². The highest BCUT2D eigenvalue weighted by molar-refractivity contribution is 9.09. The zero-order valence-corrected chi connectivity index (χ0v) is 10.8. The molecule has 1 aromatic carbocycles. The summed E-state index contributed by atoms with van der Waals surface area (Å²) in [6, 6.07) is 8.22. The summed E-state index contributed by atoms with van der Waals surface area (Å²) in [5.41, 5.74) is 1.09. The van der Waals surface area contributed by atoms with Gasteiger partial charge in [0.2, 0.25) is 0 Å². The van der Waals surface area contributed by atoms with Gasteiger partial charge in [-0.2, -0.15) is 0 Å². The van der Waals surface area contributed by atoms with E-state index in [1.807, 2.05) is 12.1 Å². The number of benzene rings is 1. The first-order valence-corrected chi connectivity index (χ1v) is 6.50. The molecule has 0 saturated carbocycles. The lowest BCUT2D eigenvalue weighted by Gasteiger charge is -2.04. The molecule has 1 unspecified atom stereocenters. The number of halogens is 1. The zero-order chi connectivity index (χ0) is 10.7. The third-order valence-corrected chi connectivity index (χ3v) is 3.73. The van der Waals surface area contributed by atoms with E-state index in [9.17, 15) is 0 Å². The van der Waals surface area contributed by atoms with E-state index in [0.29, 0.717) is 4.83 Å². The minimum Gasteiger partial charge on any atom is -0.384 e. The number of methoxy groups -OCH3 is 1. The van der Waals surface area contributed by atoms with Crippen LogP contribution in [-0.4, -0.2) is 23.5 Å². The molecule has 0 bridgehead atoms. The fraction of sp³-hybridized carbons (Fsp3) is 0.364. The van der Waals surface area contributed by atoms with Crippen LogP contribution in [0.5, 0.6) is 0 Å². The number of nitrogens with zero attached hydrogens (tertiary/aromatic N) is 1. The summed E-state index contributed by atoms with van der Waals surface area (Å²) >= 11 is 5.33. The van der Waals surface area contributed by atoms with Crippen molar-refractivity contribution in [3.8, 4) is 0 Å². The minimum absolute atomic E-state index is 0.350. The first-order valence-electron chi connectivity index (χ1n) is 4.77. The van der Waals surface area contributed by atoms with Gasteiger partial charge in [-0.15, -0.1) is 11.3 Å². The Bertz CT molecular complexity index is 410. The number of fused-ring (bicyclic) bond motifs is 1. The summed E-state index contributed by atoms with van der Waals surface area (Å²) in [5, 5.41) is 1.16. The molecule has 2 nitrogen and oxygen atoms in total. The molecule has 1 atom stereocenters. The maximum absolute atomic E-state index is 5.08. The molecule has 1 heterocycles. The predicted octanol–water partition coefficient (Wildman–Crippen LogP) is 3.25. The van der Waals surface area contributed by atoms with Crippen molar-refractivity contribution in [2.45, 2.75) is 11.2 Å². The first kappa shape index (κ1) is 11.0. The second-order valence-corrected chi connectivity index (χ2v) is 5.74. The van der Waals surface area contributed by atoms with Crippen LogP contribution in [0.1, 0.15) is 5.01 Å². The van der Waals surface area contributed by atoms with E-state index < -0.39 is 0 Å². The Morgan fingerprint density at radius 2 is 2.27 bits per heavy atom. The Morgan fingerprint density at radius 1 is 1.47 bits per heavy atom. The SMILES string of the molecule is COCC(Br)Cc1nc2ccccc2s1. The summed E-state index contributed by atoms with van der Waals surface area (Å²) in [4.78, 5) is 4.92.